The van der Waals surface area contributed by atoms with E-state index in [1.54, 1.807) is 30.5 Å². The molecule has 1 amide bonds. The van der Waals surface area contributed by atoms with Crippen LogP contribution in [0.5, 0.6) is 0 Å². The lowest BCUT2D eigenvalue weighted by Crippen LogP contribution is -2.12. The molecule has 3 aromatic rings. The van der Waals surface area contributed by atoms with Crippen LogP contribution in [0.2, 0.25) is 5.02 Å². The predicted octanol–water partition coefficient (Wildman–Crippen LogP) is 4.28. The van der Waals surface area contributed by atoms with E-state index in [0.717, 1.165) is 5.39 Å². The molecule has 1 aromatic heterocycles. The average molecular weight is 301 g/mol. The van der Waals surface area contributed by atoms with E-state index in [1.165, 1.54) is 18.2 Å². The van der Waals surface area contributed by atoms with Crippen LogP contribution in [0.4, 0.5) is 10.1 Å². The van der Waals surface area contributed by atoms with Crippen LogP contribution in [0, 0.1) is 5.82 Å². The molecule has 2 aromatic carbocycles. The van der Waals surface area contributed by atoms with Gasteiger partial charge in [0.25, 0.3) is 5.91 Å². The maximum Gasteiger partial charge on any atom is 0.255 e. The quantitative estimate of drug-likeness (QED) is 0.767. The number of rotatable bonds is 2. The van der Waals surface area contributed by atoms with Crippen molar-refractivity contribution in [1.29, 1.82) is 0 Å². The van der Waals surface area contributed by atoms with Gasteiger partial charge in [0.15, 0.2) is 0 Å². The number of amides is 1. The summed E-state index contributed by atoms with van der Waals surface area (Å²) in [6.45, 7) is 0. The van der Waals surface area contributed by atoms with Crippen LogP contribution < -0.4 is 5.32 Å². The largest absolute Gasteiger partial charge is 0.320 e. The smallest absolute Gasteiger partial charge is 0.255 e. The molecule has 3 rings (SSSR count). The number of carbonyl (C=O) groups excluding carboxylic acids is 1. The molecule has 0 aliphatic rings. The summed E-state index contributed by atoms with van der Waals surface area (Å²) in [4.78, 5) is 16.4. The van der Waals surface area contributed by atoms with E-state index in [0.29, 0.717) is 16.2 Å². The van der Waals surface area contributed by atoms with Crippen LogP contribution in [-0.4, -0.2) is 10.9 Å². The number of hydrogen-bond acceptors (Lipinski definition) is 2. The second-order valence-corrected chi connectivity index (χ2v) is 4.93. The first-order valence-electron chi connectivity index (χ1n) is 6.25. The number of benzene rings is 2. The number of nitrogens with one attached hydrogen (secondary N) is 1. The van der Waals surface area contributed by atoms with Gasteiger partial charge < -0.3 is 5.32 Å². The van der Waals surface area contributed by atoms with E-state index in [2.05, 4.69) is 10.3 Å². The Morgan fingerprint density at radius 2 is 2.00 bits per heavy atom. The molecule has 0 fully saturated rings. The number of carbonyl (C=O) groups is 1. The molecule has 0 saturated heterocycles. The van der Waals surface area contributed by atoms with Crippen molar-refractivity contribution < 1.29 is 9.18 Å². The lowest BCUT2D eigenvalue weighted by atomic mass is 10.1. The zero-order valence-electron chi connectivity index (χ0n) is 10.8. The summed E-state index contributed by atoms with van der Waals surface area (Å²) in [6, 6.07) is 12.5. The second kappa shape index (κ2) is 5.50. The number of pyridine rings is 1. The Morgan fingerprint density at radius 3 is 2.81 bits per heavy atom. The Bertz CT molecular complexity index is 835. The van der Waals surface area contributed by atoms with Crippen molar-refractivity contribution >= 4 is 34.1 Å². The van der Waals surface area contributed by atoms with E-state index in [1.807, 2.05) is 6.07 Å². The molecule has 104 valence electrons. The molecule has 0 radical (unpaired) electrons. The molecule has 21 heavy (non-hydrogen) atoms. The molecule has 0 bridgehead atoms. The molecule has 0 spiro atoms. The molecular weight excluding hydrogens is 291 g/mol. The van der Waals surface area contributed by atoms with Gasteiger partial charge in [-0.05, 0) is 36.4 Å². The number of hydrogen-bond donors (Lipinski definition) is 1. The van der Waals surface area contributed by atoms with Crippen molar-refractivity contribution in [2.45, 2.75) is 0 Å². The highest BCUT2D eigenvalue weighted by Gasteiger charge is 2.10. The summed E-state index contributed by atoms with van der Waals surface area (Å²) in [6.07, 6.45) is 1.63. The highest BCUT2D eigenvalue weighted by Crippen LogP contribution is 2.26. The molecular formula is C16H10ClFN2O. The van der Waals surface area contributed by atoms with E-state index in [4.69, 9.17) is 11.6 Å². The summed E-state index contributed by atoms with van der Waals surface area (Å²) in [5.74, 6) is -0.875. The summed E-state index contributed by atoms with van der Waals surface area (Å²) >= 11 is 6.04. The van der Waals surface area contributed by atoms with Crippen molar-refractivity contribution in [3.8, 4) is 0 Å². The number of aromatic nitrogens is 1. The molecule has 0 aliphatic heterocycles. The van der Waals surface area contributed by atoms with Crippen molar-refractivity contribution in [2.24, 2.45) is 0 Å². The van der Waals surface area contributed by atoms with Gasteiger partial charge in [0.1, 0.15) is 5.82 Å². The van der Waals surface area contributed by atoms with Gasteiger partial charge >= 0.3 is 0 Å². The molecule has 0 atom stereocenters. The van der Waals surface area contributed by atoms with Crippen LogP contribution in [0.25, 0.3) is 10.9 Å². The lowest BCUT2D eigenvalue weighted by Gasteiger charge is -2.09. The van der Waals surface area contributed by atoms with E-state index in [-0.39, 0.29) is 5.56 Å². The summed E-state index contributed by atoms with van der Waals surface area (Å²) in [5, 5.41) is 4.03. The number of fused-ring (bicyclic) bond motifs is 1. The zero-order chi connectivity index (χ0) is 14.8. The summed E-state index contributed by atoms with van der Waals surface area (Å²) < 4.78 is 13.2. The van der Waals surface area contributed by atoms with Crippen molar-refractivity contribution in [2.75, 3.05) is 5.32 Å². The Morgan fingerprint density at radius 1 is 1.14 bits per heavy atom. The first-order valence-corrected chi connectivity index (χ1v) is 6.62. The van der Waals surface area contributed by atoms with Crippen LogP contribution in [-0.2, 0) is 0 Å². The maximum atomic E-state index is 13.2. The van der Waals surface area contributed by atoms with Gasteiger partial charge in [0.2, 0.25) is 0 Å². The molecule has 0 unspecified atom stereocenters. The van der Waals surface area contributed by atoms with Gasteiger partial charge in [0.05, 0.1) is 11.2 Å². The van der Waals surface area contributed by atoms with Gasteiger partial charge in [-0.3, -0.25) is 9.78 Å². The predicted molar refractivity (Wildman–Crippen MR) is 81.1 cm³/mol. The molecule has 0 aliphatic carbocycles. The fourth-order valence-corrected chi connectivity index (χ4v) is 2.30. The highest BCUT2D eigenvalue weighted by molar-refractivity contribution is 6.32. The highest BCUT2D eigenvalue weighted by atomic mass is 35.5. The fourth-order valence-electron chi connectivity index (χ4n) is 2.08. The van der Waals surface area contributed by atoms with Gasteiger partial charge in [-0.15, -0.1) is 0 Å². The van der Waals surface area contributed by atoms with Crippen molar-refractivity contribution in [3.63, 3.8) is 0 Å². The minimum Gasteiger partial charge on any atom is -0.320 e. The number of nitrogens with zero attached hydrogens (tertiary/aromatic N) is 1. The lowest BCUT2D eigenvalue weighted by molar-refractivity contribution is 0.102. The number of anilines is 1. The first kappa shape index (κ1) is 13.5. The van der Waals surface area contributed by atoms with Crippen molar-refractivity contribution in [3.05, 3.63) is 71.1 Å². The zero-order valence-corrected chi connectivity index (χ0v) is 11.6. The third-order valence-electron chi connectivity index (χ3n) is 3.00. The Balaban J connectivity index is 2.00. The first-order chi connectivity index (χ1) is 10.1. The van der Waals surface area contributed by atoms with Crippen LogP contribution in [0.1, 0.15) is 10.4 Å². The van der Waals surface area contributed by atoms with Crippen LogP contribution in [0.15, 0.2) is 54.7 Å². The minimum absolute atomic E-state index is 0.235. The van der Waals surface area contributed by atoms with E-state index < -0.39 is 11.7 Å². The van der Waals surface area contributed by atoms with Gasteiger partial charge in [-0.1, -0.05) is 23.7 Å². The third kappa shape index (κ3) is 2.85. The molecule has 1 N–H and O–H groups in total. The van der Waals surface area contributed by atoms with E-state index >= 15 is 0 Å². The normalized spacial score (nSPS) is 10.6. The number of halogens is 2. The second-order valence-electron chi connectivity index (χ2n) is 4.49. The SMILES string of the molecule is O=C(Nc1cc(Cl)cc2cccnc12)c1cccc(F)c1. The topological polar surface area (TPSA) is 42.0 Å². The molecule has 0 saturated carbocycles. The molecule has 5 heteroatoms. The standard InChI is InChI=1S/C16H10ClFN2O/c17-12-7-10-4-2-6-19-15(10)14(9-12)20-16(21)11-3-1-5-13(18)8-11/h1-9H,(H,20,21). The Labute approximate surface area is 125 Å². The van der Waals surface area contributed by atoms with Crippen molar-refractivity contribution in [1.82, 2.24) is 4.98 Å². The van der Waals surface area contributed by atoms with Gasteiger partial charge in [0, 0.05) is 22.2 Å². The summed E-state index contributed by atoms with van der Waals surface area (Å²) in [5.41, 5.74) is 1.36. The molecule has 3 nitrogen and oxygen atoms in total. The average Bonchev–Trinajstić information content (AvgIpc) is 2.47. The van der Waals surface area contributed by atoms with Gasteiger partial charge in [-0.2, -0.15) is 0 Å². The summed E-state index contributed by atoms with van der Waals surface area (Å²) in [7, 11) is 0. The minimum atomic E-state index is -0.461. The van der Waals surface area contributed by atoms with E-state index in [9.17, 15) is 9.18 Å². The van der Waals surface area contributed by atoms with Crippen LogP contribution >= 0.6 is 11.6 Å². The monoisotopic (exact) mass is 300 g/mol. The molecule has 1 heterocycles. The van der Waals surface area contributed by atoms with Gasteiger partial charge in [-0.25, -0.2) is 4.39 Å². The Hall–Kier alpha value is -2.46. The third-order valence-corrected chi connectivity index (χ3v) is 3.22. The van der Waals surface area contributed by atoms with Crippen LogP contribution in [0.3, 0.4) is 0 Å². The fraction of sp³-hybridized carbons (Fsp3) is 0. The Kier molecular flexibility index (Phi) is 3.54. The maximum absolute atomic E-state index is 13.2.